The normalized spacial score (nSPS) is 13.4. The van der Waals surface area contributed by atoms with Crippen molar-refractivity contribution in [2.24, 2.45) is 0 Å². The van der Waals surface area contributed by atoms with E-state index in [1.807, 2.05) is 55.5 Å². The largest absolute Gasteiger partial charge is 0.322 e. The predicted octanol–water partition coefficient (Wildman–Crippen LogP) is 5.98. The molecule has 0 radical (unpaired) electrons. The van der Waals surface area contributed by atoms with Crippen LogP contribution in [-0.4, -0.2) is 25.7 Å². The number of carbonyl (C=O) groups is 1. The molecule has 0 saturated heterocycles. The lowest BCUT2D eigenvalue weighted by Crippen LogP contribution is -2.11. The summed E-state index contributed by atoms with van der Waals surface area (Å²) in [5.41, 5.74) is 3.51. The number of thioether (sulfide) groups is 1. The van der Waals surface area contributed by atoms with Gasteiger partial charge in [-0.2, -0.15) is 0 Å². The summed E-state index contributed by atoms with van der Waals surface area (Å²) in [5, 5.41) is 15.0. The Morgan fingerprint density at radius 3 is 2.64 bits per heavy atom. The average molecular weight is 476 g/mol. The van der Waals surface area contributed by atoms with Crippen molar-refractivity contribution in [1.29, 1.82) is 0 Å². The molecule has 1 amide bonds. The molecule has 0 saturated carbocycles. The fraction of sp³-hybridized carbons (Fsp3) is 0.280. The lowest BCUT2D eigenvalue weighted by atomic mass is 10.1. The highest BCUT2D eigenvalue weighted by atomic mass is 32.2. The maximum Gasteiger partial charge on any atom is 0.255 e. The Hall–Kier alpha value is -2.97. The van der Waals surface area contributed by atoms with E-state index in [-0.39, 0.29) is 5.91 Å². The number of hydrogen-bond donors (Lipinski definition) is 1. The molecule has 0 spiro atoms. The summed E-state index contributed by atoms with van der Waals surface area (Å²) < 4.78 is 2.23. The molecule has 8 heteroatoms. The highest BCUT2D eigenvalue weighted by Crippen LogP contribution is 2.26. The van der Waals surface area contributed by atoms with E-state index in [9.17, 15) is 4.79 Å². The third kappa shape index (κ3) is 5.17. The minimum absolute atomic E-state index is 0.120. The van der Waals surface area contributed by atoms with E-state index in [1.165, 1.54) is 12.8 Å². The number of nitrogens with one attached hydrogen (secondary N) is 1. The van der Waals surface area contributed by atoms with Crippen LogP contribution in [0.3, 0.4) is 0 Å². The molecule has 5 rings (SSSR count). The van der Waals surface area contributed by atoms with Gasteiger partial charge in [0.15, 0.2) is 5.82 Å². The summed E-state index contributed by atoms with van der Waals surface area (Å²) in [6.45, 7) is 2.98. The number of anilines is 1. The Balaban J connectivity index is 1.21. The van der Waals surface area contributed by atoms with E-state index in [0.717, 1.165) is 63.6 Å². The first-order chi connectivity index (χ1) is 16.2. The monoisotopic (exact) mass is 475 g/mol. The quantitative estimate of drug-likeness (QED) is 0.347. The summed E-state index contributed by atoms with van der Waals surface area (Å²) in [5.74, 6) is 2.69. The van der Waals surface area contributed by atoms with Crippen molar-refractivity contribution in [3.05, 3.63) is 76.0 Å². The molecule has 0 unspecified atom stereocenters. The van der Waals surface area contributed by atoms with E-state index >= 15 is 0 Å². The molecule has 168 valence electrons. The molecule has 1 aliphatic heterocycles. The second kappa shape index (κ2) is 9.89. The van der Waals surface area contributed by atoms with Gasteiger partial charge in [-0.25, -0.2) is 4.98 Å². The van der Waals surface area contributed by atoms with Gasteiger partial charge in [0.25, 0.3) is 5.91 Å². The van der Waals surface area contributed by atoms with Gasteiger partial charge < -0.3 is 9.88 Å². The van der Waals surface area contributed by atoms with Crippen molar-refractivity contribution >= 4 is 34.7 Å². The average Bonchev–Trinajstić information content (AvgIpc) is 3.37. The van der Waals surface area contributed by atoms with Gasteiger partial charge in [0.1, 0.15) is 5.82 Å². The number of thiazole rings is 1. The predicted molar refractivity (Wildman–Crippen MR) is 134 cm³/mol. The molecule has 6 nitrogen and oxygen atoms in total. The van der Waals surface area contributed by atoms with Gasteiger partial charge >= 0.3 is 0 Å². The zero-order valence-corrected chi connectivity index (χ0v) is 20.1. The second-order valence-electron chi connectivity index (χ2n) is 8.10. The van der Waals surface area contributed by atoms with Crippen LogP contribution in [0.5, 0.6) is 0 Å². The Morgan fingerprint density at radius 1 is 1.06 bits per heavy atom. The van der Waals surface area contributed by atoms with Crippen LogP contribution >= 0.6 is 23.1 Å². The van der Waals surface area contributed by atoms with Crippen LogP contribution in [0.2, 0.25) is 0 Å². The summed E-state index contributed by atoms with van der Waals surface area (Å²) >= 11 is 3.39. The van der Waals surface area contributed by atoms with E-state index in [1.54, 1.807) is 23.1 Å². The number of benzene rings is 2. The minimum atomic E-state index is -0.120. The first-order valence-corrected chi connectivity index (χ1v) is 13.0. The van der Waals surface area contributed by atoms with Gasteiger partial charge in [0.05, 0.1) is 10.7 Å². The fourth-order valence-corrected chi connectivity index (χ4v) is 5.45. The summed E-state index contributed by atoms with van der Waals surface area (Å²) in [4.78, 5) is 18.3. The highest BCUT2D eigenvalue weighted by Gasteiger charge is 2.16. The summed E-state index contributed by atoms with van der Waals surface area (Å²) in [6.07, 6.45) is 4.56. The summed E-state index contributed by atoms with van der Waals surface area (Å²) in [6, 6.07) is 15.5. The maximum absolute atomic E-state index is 12.7. The van der Waals surface area contributed by atoms with E-state index < -0.39 is 0 Å². The molecule has 1 N–H and O–H groups in total. The van der Waals surface area contributed by atoms with Gasteiger partial charge in [-0.15, -0.1) is 33.3 Å². The van der Waals surface area contributed by atoms with Crippen LogP contribution in [0.4, 0.5) is 5.69 Å². The highest BCUT2D eigenvalue weighted by molar-refractivity contribution is 7.98. The summed E-state index contributed by atoms with van der Waals surface area (Å²) in [7, 11) is 0. The zero-order chi connectivity index (χ0) is 22.6. The van der Waals surface area contributed by atoms with E-state index in [2.05, 4.69) is 30.4 Å². The fourth-order valence-electron chi connectivity index (χ4n) is 3.94. The van der Waals surface area contributed by atoms with Crippen LogP contribution in [0.1, 0.15) is 46.1 Å². The molecule has 0 bridgehead atoms. The van der Waals surface area contributed by atoms with Crippen LogP contribution in [-0.2, 0) is 18.7 Å². The Morgan fingerprint density at radius 2 is 1.88 bits per heavy atom. The number of fused-ring (bicyclic) bond motifs is 1. The minimum Gasteiger partial charge on any atom is -0.322 e. The van der Waals surface area contributed by atoms with Gasteiger partial charge in [0, 0.05) is 45.8 Å². The number of aromatic nitrogens is 4. The first-order valence-electron chi connectivity index (χ1n) is 11.1. The third-order valence-corrected chi connectivity index (χ3v) is 7.55. The molecule has 3 heterocycles. The van der Waals surface area contributed by atoms with Gasteiger partial charge in [-0.1, -0.05) is 6.42 Å². The van der Waals surface area contributed by atoms with E-state index in [0.29, 0.717) is 5.56 Å². The molecule has 2 aromatic heterocycles. The number of nitrogens with zero attached hydrogens (tertiary/aromatic N) is 4. The first kappa shape index (κ1) is 21.9. The van der Waals surface area contributed by atoms with Crippen molar-refractivity contribution < 1.29 is 4.79 Å². The second-order valence-corrected chi connectivity index (χ2v) is 10.2. The number of rotatable bonds is 6. The van der Waals surface area contributed by atoms with E-state index in [4.69, 9.17) is 0 Å². The smallest absolute Gasteiger partial charge is 0.255 e. The molecule has 0 aliphatic carbocycles. The van der Waals surface area contributed by atoms with Crippen molar-refractivity contribution in [3.8, 4) is 11.4 Å². The zero-order valence-electron chi connectivity index (χ0n) is 18.5. The molecular weight excluding hydrogens is 450 g/mol. The Kier molecular flexibility index (Phi) is 6.55. The molecule has 33 heavy (non-hydrogen) atoms. The molecule has 2 aromatic carbocycles. The maximum atomic E-state index is 12.7. The SMILES string of the molecule is Cc1nc(CSc2ccc(C(=O)Nc3ccc(-c4nnc5n4CCCCC5)cc3)cc2)cs1. The number of aryl methyl sites for hydroxylation is 2. The third-order valence-electron chi connectivity index (χ3n) is 5.68. The van der Waals surface area contributed by atoms with Crippen molar-refractivity contribution in [3.63, 3.8) is 0 Å². The van der Waals surface area contributed by atoms with Crippen molar-refractivity contribution in [2.75, 3.05) is 5.32 Å². The Labute approximate surface area is 201 Å². The van der Waals surface area contributed by atoms with Crippen molar-refractivity contribution in [2.45, 2.75) is 49.8 Å². The lowest BCUT2D eigenvalue weighted by molar-refractivity contribution is 0.102. The Bertz CT molecular complexity index is 1240. The molecule has 4 aromatic rings. The number of amides is 1. The van der Waals surface area contributed by atoms with Crippen LogP contribution in [0, 0.1) is 6.92 Å². The molecule has 1 aliphatic rings. The molecule has 0 fully saturated rings. The molecule has 0 atom stereocenters. The van der Waals surface area contributed by atoms with Crippen molar-refractivity contribution in [1.82, 2.24) is 19.7 Å². The topological polar surface area (TPSA) is 72.7 Å². The van der Waals surface area contributed by atoms with Crippen LogP contribution in [0.25, 0.3) is 11.4 Å². The number of carbonyl (C=O) groups excluding carboxylic acids is 1. The van der Waals surface area contributed by atoms with Gasteiger partial charge in [-0.05, 0) is 68.3 Å². The standard InChI is InChI=1S/C25H25N5OS2/c1-17-26-21(15-32-17)16-33-22-12-8-19(9-13-22)25(31)27-20-10-6-18(7-11-20)24-29-28-23-5-3-2-4-14-30(23)24/h6-13,15H,2-5,14,16H2,1H3,(H,27,31). The lowest BCUT2D eigenvalue weighted by Gasteiger charge is -2.09. The van der Waals surface area contributed by atoms with Crippen LogP contribution in [0.15, 0.2) is 58.8 Å². The van der Waals surface area contributed by atoms with Crippen LogP contribution < -0.4 is 5.32 Å². The molecular formula is C25H25N5OS2. The van der Waals surface area contributed by atoms with Gasteiger partial charge in [0.2, 0.25) is 0 Å². The van der Waals surface area contributed by atoms with Gasteiger partial charge in [-0.3, -0.25) is 4.79 Å². The number of hydrogen-bond acceptors (Lipinski definition) is 6.